The van der Waals surface area contributed by atoms with E-state index in [1.54, 1.807) is 0 Å². The molecule has 0 atom stereocenters. The number of allylic oxidation sites excluding steroid dienone is 2. The van der Waals surface area contributed by atoms with Crippen molar-refractivity contribution in [3.05, 3.63) is 47.7 Å². The van der Waals surface area contributed by atoms with Gasteiger partial charge < -0.3 is 4.74 Å². The zero-order valence-corrected chi connectivity index (χ0v) is 13.5. The van der Waals surface area contributed by atoms with Crippen LogP contribution in [0.4, 0.5) is 0 Å². The van der Waals surface area contributed by atoms with Crippen LogP contribution in [0.15, 0.2) is 42.2 Å². The molecular formula is C18H26O2. The van der Waals surface area contributed by atoms with Crippen LogP contribution < -0.4 is 0 Å². The van der Waals surface area contributed by atoms with Crippen LogP contribution in [-0.4, -0.2) is 5.97 Å². The van der Waals surface area contributed by atoms with Crippen LogP contribution in [0.1, 0.15) is 47.1 Å². The number of rotatable bonds is 3. The maximum atomic E-state index is 12.1. The lowest BCUT2D eigenvalue weighted by Crippen LogP contribution is -2.23. The summed E-state index contributed by atoms with van der Waals surface area (Å²) in [6.45, 7) is 11.9. The van der Waals surface area contributed by atoms with Gasteiger partial charge in [0.05, 0.1) is 5.41 Å². The number of hydrogen-bond donors (Lipinski definition) is 0. The first-order valence-corrected chi connectivity index (χ1v) is 7.06. The molecule has 0 spiro atoms. The summed E-state index contributed by atoms with van der Waals surface area (Å²) in [5.74, 6) is 0.535. The molecule has 2 heteroatoms. The highest BCUT2D eigenvalue weighted by Gasteiger charge is 2.25. The molecule has 110 valence electrons. The van der Waals surface area contributed by atoms with Gasteiger partial charge in [0.25, 0.3) is 0 Å². The molecule has 0 N–H and O–H groups in total. The van der Waals surface area contributed by atoms with Crippen LogP contribution in [0.3, 0.4) is 0 Å². The molecule has 0 amide bonds. The fourth-order valence-corrected chi connectivity index (χ4v) is 1.67. The fraction of sp³-hybridized carbons (Fsp3) is 0.500. The third kappa shape index (κ3) is 6.05. The Balaban J connectivity index is 2.93. The Morgan fingerprint density at radius 3 is 2.05 bits per heavy atom. The number of benzene rings is 1. The van der Waals surface area contributed by atoms with Crippen molar-refractivity contribution in [2.45, 2.75) is 48.0 Å². The van der Waals surface area contributed by atoms with Gasteiger partial charge >= 0.3 is 5.97 Å². The Morgan fingerprint density at radius 1 is 1.05 bits per heavy atom. The molecule has 0 aliphatic heterocycles. The highest BCUT2D eigenvalue weighted by atomic mass is 16.5. The molecule has 0 bridgehead atoms. The molecule has 1 rings (SSSR count). The molecule has 0 aliphatic rings. The van der Waals surface area contributed by atoms with Gasteiger partial charge in [-0.25, -0.2) is 0 Å². The predicted molar refractivity (Wildman–Crippen MR) is 83.2 cm³/mol. The van der Waals surface area contributed by atoms with E-state index in [1.807, 2.05) is 57.2 Å². The maximum Gasteiger partial charge on any atom is 0.316 e. The molecule has 1 aromatic carbocycles. The second-order valence-corrected chi connectivity index (χ2v) is 7.28. The van der Waals surface area contributed by atoms with E-state index in [0.717, 1.165) is 11.3 Å². The summed E-state index contributed by atoms with van der Waals surface area (Å²) in [7, 11) is 0. The quantitative estimate of drug-likeness (QED) is 0.587. The highest BCUT2D eigenvalue weighted by Crippen LogP contribution is 2.24. The van der Waals surface area contributed by atoms with E-state index in [9.17, 15) is 4.79 Å². The van der Waals surface area contributed by atoms with E-state index in [1.165, 1.54) is 0 Å². The molecular weight excluding hydrogens is 248 g/mol. The molecule has 0 saturated heterocycles. The summed E-state index contributed by atoms with van der Waals surface area (Å²) in [6, 6.07) is 10.1. The molecule has 0 fully saturated rings. The lowest BCUT2D eigenvalue weighted by atomic mass is 9.94. The fourth-order valence-electron chi connectivity index (χ4n) is 1.67. The van der Waals surface area contributed by atoms with E-state index in [0.29, 0.717) is 6.42 Å². The normalized spacial score (nSPS) is 13.2. The Bertz CT molecular complexity index is 470. The minimum Gasteiger partial charge on any atom is -0.431 e. The predicted octanol–water partition coefficient (Wildman–Crippen LogP) is 4.75. The van der Waals surface area contributed by atoms with E-state index in [2.05, 4.69) is 20.8 Å². The Kier molecular flexibility index (Phi) is 5.15. The third-order valence-electron chi connectivity index (χ3n) is 2.65. The number of esters is 1. The number of hydrogen-bond acceptors (Lipinski definition) is 2. The number of carbonyl (C=O) groups excluding carboxylic acids is 1. The summed E-state index contributed by atoms with van der Waals surface area (Å²) in [5, 5.41) is 0. The largest absolute Gasteiger partial charge is 0.431 e. The first-order chi connectivity index (χ1) is 9.08. The van der Waals surface area contributed by atoms with E-state index < -0.39 is 5.41 Å². The summed E-state index contributed by atoms with van der Waals surface area (Å²) >= 11 is 0. The molecule has 0 aliphatic carbocycles. The minimum absolute atomic E-state index is 0.0255. The molecule has 0 heterocycles. The van der Waals surface area contributed by atoms with Crippen LogP contribution in [-0.2, 0) is 16.0 Å². The van der Waals surface area contributed by atoms with Crippen molar-refractivity contribution in [1.82, 2.24) is 0 Å². The van der Waals surface area contributed by atoms with Crippen LogP contribution in [0.5, 0.6) is 0 Å². The maximum absolute atomic E-state index is 12.1. The van der Waals surface area contributed by atoms with E-state index in [4.69, 9.17) is 4.74 Å². The first kappa shape index (κ1) is 16.5. The highest BCUT2D eigenvalue weighted by molar-refractivity contribution is 5.76. The van der Waals surface area contributed by atoms with Crippen LogP contribution in [0.2, 0.25) is 0 Å². The lowest BCUT2D eigenvalue weighted by molar-refractivity contribution is -0.148. The zero-order chi connectivity index (χ0) is 15.4. The van der Waals surface area contributed by atoms with Gasteiger partial charge in [-0.2, -0.15) is 0 Å². The zero-order valence-electron chi connectivity index (χ0n) is 13.5. The van der Waals surface area contributed by atoms with E-state index in [-0.39, 0.29) is 11.4 Å². The summed E-state index contributed by atoms with van der Waals surface area (Å²) in [6.07, 6.45) is 2.67. The Labute approximate surface area is 122 Å². The molecule has 0 radical (unpaired) electrons. The smallest absolute Gasteiger partial charge is 0.316 e. The molecule has 2 nitrogen and oxygen atoms in total. The Hall–Kier alpha value is -1.57. The van der Waals surface area contributed by atoms with Gasteiger partial charge in [0, 0.05) is 6.42 Å². The van der Waals surface area contributed by atoms with Gasteiger partial charge in [-0.1, -0.05) is 51.1 Å². The van der Waals surface area contributed by atoms with Crippen molar-refractivity contribution in [3.63, 3.8) is 0 Å². The number of ether oxygens (including phenoxy) is 1. The molecule has 1 aromatic rings. The van der Waals surface area contributed by atoms with Gasteiger partial charge in [-0.15, -0.1) is 0 Å². The Morgan fingerprint density at radius 2 is 1.60 bits per heavy atom. The average Bonchev–Trinajstić information content (AvgIpc) is 2.26. The summed E-state index contributed by atoms with van der Waals surface area (Å²) in [5.41, 5.74) is 0.625. The van der Waals surface area contributed by atoms with Gasteiger partial charge in [0.2, 0.25) is 0 Å². The van der Waals surface area contributed by atoms with Gasteiger partial charge in [-0.05, 0) is 37.8 Å². The van der Waals surface area contributed by atoms with Gasteiger partial charge in [0.1, 0.15) is 5.76 Å². The number of carbonyl (C=O) groups is 1. The summed E-state index contributed by atoms with van der Waals surface area (Å²) in [4.78, 5) is 12.1. The third-order valence-corrected chi connectivity index (χ3v) is 2.65. The van der Waals surface area contributed by atoms with Gasteiger partial charge in [0.15, 0.2) is 0 Å². The van der Waals surface area contributed by atoms with Crippen molar-refractivity contribution < 1.29 is 9.53 Å². The standard InChI is InChI=1S/C18H26O2/c1-17(2,3)13-15(20-16(19)18(4,5)6)12-14-10-8-7-9-11-14/h7-11,13H,12H2,1-6H3/b15-13-. The first-order valence-electron chi connectivity index (χ1n) is 7.06. The van der Waals surface area contributed by atoms with Crippen LogP contribution in [0.25, 0.3) is 0 Å². The van der Waals surface area contributed by atoms with E-state index >= 15 is 0 Å². The molecule has 0 saturated carbocycles. The topological polar surface area (TPSA) is 26.3 Å². The van der Waals surface area contributed by atoms with Crippen molar-refractivity contribution in [2.75, 3.05) is 0 Å². The monoisotopic (exact) mass is 274 g/mol. The van der Waals surface area contributed by atoms with Crippen LogP contribution in [0, 0.1) is 10.8 Å². The summed E-state index contributed by atoms with van der Waals surface area (Å²) < 4.78 is 5.62. The molecule has 0 aromatic heterocycles. The van der Waals surface area contributed by atoms with Crippen molar-refractivity contribution in [3.8, 4) is 0 Å². The molecule has 20 heavy (non-hydrogen) atoms. The van der Waals surface area contributed by atoms with Gasteiger partial charge in [-0.3, -0.25) is 4.79 Å². The van der Waals surface area contributed by atoms with Crippen molar-refractivity contribution in [1.29, 1.82) is 0 Å². The minimum atomic E-state index is -0.492. The SMILES string of the molecule is CC(C)(C)/C=C(/Cc1ccccc1)OC(=O)C(C)(C)C. The van der Waals surface area contributed by atoms with Crippen molar-refractivity contribution >= 4 is 5.97 Å². The van der Waals surface area contributed by atoms with Crippen LogP contribution >= 0.6 is 0 Å². The molecule has 0 unspecified atom stereocenters. The lowest BCUT2D eigenvalue weighted by Gasteiger charge is -2.21. The second kappa shape index (κ2) is 6.25. The average molecular weight is 274 g/mol. The van der Waals surface area contributed by atoms with Crippen molar-refractivity contribution in [2.24, 2.45) is 10.8 Å². The second-order valence-electron chi connectivity index (χ2n) is 7.28.